The van der Waals surface area contributed by atoms with Crippen molar-refractivity contribution in [3.8, 4) is 16.8 Å². The van der Waals surface area contributed by atoms with E-state index < -0.39 is 16.1 Å². The number of fused-ring (bicyclic) bond motifs is 1. The van der Waals surface area contributed by atoms with E-state index in [9.17, 15) is 13.2 Å². The van der Waals surface area contributed by atoms with Crippen molar-refractivity contribution in [3.63, 3.8) is 0 Å². The van der Waals surface area contributed by atoms with Crippen LogP contribution in [0.1, 0.15) is 18.7 Å². The fourth-order valence-corrected chi connectivity index (χ4v) is 5.74. The zero-order valence-corrected chi connectivity index (χ0v) is 23.6. The van der Waals surface area contributed by atoms with Gasteiger partial charge < -0.3 is 11.1 Å². The predicted octanol–water partition coefficient (Wildman–Crippen LogP) is 5.11. The second-order valence-corrected chi connectivity index (χ2v) is 12.0. The number of pyridine rings is 1. The van der Waals surface area contributed by atoms with E-state index in [1.165, 1.54) is 20.2 Å². The molecule has 0 bridgehead atoms. The molecule has 0 aliphatic heterocycles. The molecule has 40 heavy (non-hydrogen) atoms. The summed E-state index contributed by atoms with van der Waals surface area (Å²) in [7, 11) is -0.705. The van der Waals surface area contributed by atoms with E-state index in [-0.39, 0.29) is 16.4 Å². The van der Waals surface area contributed by atoms with Crippen LogP contribution < -0.4 is 16.6 Å². The predicted molar refractivity (Wildman–Crippen MR) is 159 cm³/mol. The van der Waals surface area contributed by atoms with Gasteiger partial charge in [-0.1, -0.05) is 54.1 Å². The number of nitrogen functional groups attached to an aromatic ring is 1. The van der Waals surface area contributed by atoms with E-state index in [2.05, 4.69) is 15.3 Å². The molecule has 3 N–H and O–H groups in total. The van der Waals surface area contributed by atoms with Crippen molar-refractivity contribution < 1.29 is 8.42 Å². The van der Waals surface area contributed by atoms with E-state index in [0.717, 1.165) is 4.31 Å². The molecule has 3 aromatic carbocycles. The summed E-state index contributed by atoms with van der Waals surface area (Å²) in [6.07, 6.45) is 1.54. The van der Waals surface area contributed by atoms with Crippen molar-refractivity contribution >= 4 is 44.2 Å². The molecule has 0 aliphatic rings. The van der Waals surface area contributed by atoms with Crippen LogP contribution in [-0.2, 0) is 10.0 Å². The number of sulfonamides is 1. The Hall–Kier alpha value is -4.25. The molecule has 0 fully saturated rings. The molecule has 0 amide bonds. The van der Waals surface area contributed by atoms with Crippen molar-refractivity contribution in [2.45, 2.75) is 17.9 Å². The van der Waals surface area contributed by atoms with Crippen molar-refractivity contribution in [2.75, 3.05) is 25.1 Å². The van der Waals surface area contributed by atoms with E-state index in [4.69, 9.17) is 17.3 Å². The zero-order chi connectivity index (χ0) is 28.6. The van der Waals surface area contributed by atoms with Gasteiger partial charge in [-0.2, -0.15) is 4.98 Å². The van der Waals surface area contributed by atoms with E-state index in [1.807, 2.05) is 49.4 Å². The molecule has 5 rings (SSSR count). The molecule has 0 saturated heterocycles. The standard InChI is InChI=1S/C29H27ClN6O3S/c1-18(25-16-20-10-8-14-24(30)26(20)28(37)36(25)21-11-5-4-6-12-21)33-27-23(17-32-29(31)34-27)19-9-7-13-22(15-19)40(38,39)35(2)3/h4-18H,1-3H3,(H3,31,32,33,34)/t18-/m0/s1. The molecule has 11 heteroatoms. The van der Waals surface area contributed by atoms with E-state index >= 15 is 0 Å². The molecular weight excluding hydrogens is 548 g/mol. The molecule has 2 aromatic heterocycles. The summed E-state index contributed by atoms with van der Waals surface area (Å²) in [5, 5.41) is 4.88. The maximum atomic E-state index is 13.8. The normalized spacial score (nSPS) is 12.5. The number of nitrogens with zero attached hydrogens (tertiary/aromatic N) is 4. The van der Waals surface area contributed by atoms with Crippen LogP contribution in [-0.4, -0.2) is 41.4 Å². The van der Waals surface area contributed by atoms with Crippen LogP contribution in [0.25, 0.3) is 27.6 Å². The van der Waals surface area contributed by atoms with Crippen LogP contribution in [0, 0.1) is 0 Å². The third kappa shape index (κ3) is 5.04. The molecule has 0 aliphatic carbocycles. The lowest BCUT2D eigenvalue weighted by molar-refractivity contribution is 0.521. The van der Waals surface area contributed by atoms with Crippen LogP contribution in [0.2, 0.25) is 5.02 Å². The number of rotatable bonds is 7. The average molecular weight is 575 g/mol. The summed E-state index contributed by atoms with van der Waals surface area (Å²) >= 11 is 6.45. The van der Waals surface area contributed by atoms with Gasteiger partial charge in [0.25, 0.3) is 5.56 Å². The topological polar surface area (TPSA) is 123 Å². The highest BCUT2D eigenvalue weighted by Gasteiger charge is 2.21. The fraction of sp³-hybridized carbons (Fsp3) is 0.138. The maximum absolute atomic E-state index is 13.8. The lowest BCUT2D eigenvalue weighted by Crippen LogP contribution is -2.26. The number of hydrogen-bond donors (Lipinski definition) is 2. The first-order valence-electron chi connectivity index (χ1n) is 12.4. The van der Waals surface area contributed by atoms with Crippen LogP contribution in [0.4, 0.5) is 11.8 Å². The number of para-hydroxylation sites is 1. The second kappa shape index (κ2) is 10.7. The molecule has 0 radical (unpaired) electrons. The number of halogens is 1. The number of aromatic nitrogens is 3. The third-order valence-corrected chi connectivity index (χ3v) is 8.69. The fourth-order valence-electron chi connectivity index (χ4n) is 4.53. The first kappa shape index (κ1) is 27.3. The van der Waals surface area contributed by atoms with E-state index in [0.29, 0.717) is 44.1 Å². The highest BCUT2D eigenvalue weighted by atomic mass is 35.5. The van der Waals surface area contributed by atoms with Gasteiger partial charge in [-0.3, -0.25) is 9.36 Å². The second-order valence-electron chi connectivity index (χ2n) is 9.42. The highest BCUT2D eigenvalue weighted by Crippen LogP contribution is 2.32. The number of nitrogens with two attached hydrogens (primary N) is 1. The SMILES string of the molecule is C[C@H](Nc1nc(N)ncc1-c1cccc(S(=O)(=O)N(C)C)c1)c1cc2cccc(Cl)c2c(=O)n1-c1ccccc1. The number of benzene rings is 3. The average Bonchev–Trinajstić information content (AvgIpc) is 2.93. The number of nitrogens with one attached hydrogen (secondary N) is 1. The summed E-state index contributed by atoms with van der Waals surface area (Å²) in [6.45, 7) is 1.90. The Morgan fingerprint density at radius 3 is 2.45 bits per heavy atom. The van der Waals surface area contributed by atoms with Gasteiger partial charge in [0.1, 0.15) is 5.82 Å². The van der Waals surface area contributed by atoms with Gasteiger partial charge in [0, 0.05) is 37.2 Å². The Balaban J connectivity index is 1.64. The number of anilines is 2. The van der Waals surface area contributed by atoms with Gasteiger partial charge in [-0.15, -0.1) is 0 Å². The van der Waals surface area contributed by atoms with Crippen LogP contribution in [0.5, 0.6) is 0 Å². The smallest absolute Gasteiger partial charge is 0.264 e. The van der Waals surface area contributed by atoms with Gasteiger partial charge in [-0.05, 0) is 54.3 Å². The lowest BCUT2D eigenvalue weighted by atomic mass is 10.1. The summed E-state index contributed by atoms with van der Waals surface area (Å²) in [5.41, 5.74) is 8.20. The highest BCUT2D eigenvalue weighted by molar-refractivity contribution is 7.89. The van der Waals surface area contributed by atoms with E-state index in [1.54, 1.807) is 41.1 Å². The quantitative estimate of drug-likeness (QED) is 0.277. The van der Waals surface area contributed by atoms with Crippen molar-refractivity contribution in [1.82, 2.24) is 18.8 Å². The molecule has 9 nitrogen and oxygen atoms in total. The minimum absolute atomic E-state index is 0.0428. The van der Waals surface area contributed by atoms with Gasteiger partial charge in [0.15, 0.2) is 0 Å². The minimum atomic E-state index is -3.66. The van der Waals surface area contributed by atoms with Crippen LogP contribution >= 0.6 is 11.6 Å². The van der Waals surface area contributed by atoms with Crippen molar-refractivity contribution in [3.05, 3.63) is 106 Å². The maximum Gasteiger partial charge on any atom is 0.264 e. The Morgan fingerprint density at radius 1 is 1.00 bits per heavy atom. The Morgan fingerprint density at radius 2 is 1.73 bits per heavy atom. The molecule has 0 unspecified atom stereocenters. The molecule has 2 heterocycles. The molecular formula is C29H27ClN6O3S. The summed E-state index contributed by atoms with van der Waals surface area (Å²) in [4.78, 5) is 22.5. The van der Waals surface area contributed by atoms with Crippen LogP contribution in [0.15, 0.2) is 94.7 Å². The summed E-state index contributed by atoms with van der Waals surface area (Å²) in [6, 6.07) is 22.7. The van der Waals surface area contributed by atoms with Gasteiger partial charge in [0.05, 0.1) is 21.3 Å². The minimum Gasteiger partial charge on any atom is -0.368 e. The zero-order valence-electron chi connectivity index (χ0n) is 22.0. The first-order valence-corrected chi connectivity index (χ1v) is 14.2. The third-order valence-electron chi connectivity index (χ3n) is 6.57. The van der Waals surface area contributed by atoms with Gasteiger partial charge in [-0.25, -0.2) is 17.7 Å². The Bertz CT molecular complexity index is 1890. The number of hydrogen-bond acceptors (Lipinski definition) is 7. The summed E-state index contributed by atoms with van der Waals surface area (Å²) < 4.78 is 28.3. The Labute approximate surface area is 236 Å². The van der Waals surface area contributed by atoms with Crippen LogP contribution in [0.3, 0.4) is 0 Å². The largest absolute Gasteiger partial charge is 0.368 e. The van der Waals surface area contributed by atoms with Crippen molar-refractivity contribution in [2.24, 2.45) is 0 Å². The molecule has 204 valence electrons. The Kier molecular flexibility index (Phi) is 7.33. The summed E-state index contributed by atoms with van der Waals surface area (Å²) in [5.74, 6) is 0.430. The molecule has 0 spiro atoms. The monoisotopic (exact) mass is 574 g/mol. The first-order chi connectivity index (χ1) is 19.1. The van der Waals surface area contributed by atoms with Gasteiger partial charge >= 0.3 is 0 Å². The van der Waals surface area contributed by atoms with Crippen molar-refractivity contribution in [1.29, 1.82) is 0 Å². The van der Waals surface area contributed by atoms with Gasteiger partial charge in [0.2, 0.25) is 16.0 Å². The molecule has 5 aromatic rings. The lowest BCUT2D eigenvalue weighted by Gasteiger charge is -2.23. The molecule has 0 saturated carbocycles. The molecule has 1 atom stereocenters.